The van der Waals surface area contributed by atoms with Gasteiger partial charge in [-0.05, 0) is 44.5 Å². The first-order chi connectivity index (χ1) is 9.05. The molecule has 0 radical (unpaired) electrons. The smallest absolute Gasteiger partial charge is 0.127 e. The van der Waals surface area contributed by atoms with Gasteiger partial charge in [-0.1, -0.05) is 12.1 Å². The van der Waals surface area contributed by atoms with Gasteiger partial charge < -0.3 is 9.30 Å². The minimum Gasteiger partial charge on any atom is -0.483 e. The Morgan fingerprint density at radius 2 is 2.16 bits per heavy atom. The predicted molar refractivity (Wildman–Crippen MR) is 76.2 cm³/mol. The van der Waals surface area contributed by atoms with Crippen molar-refractivity contribution in [1.29, 1.82) is 0 Å². The average molecular weight is 254 g/mol. The van der Waals surface area contributed by atoms with Crippen molar-refractivity contribution in [2.45, 2.75) is 32.4 Å². The maximum atomic E-state index is 5.94. The van der Waals surface area contributed by atoms with Crippen LogP contribution in [0.25, 0.3) is 6.08 Å². The number of fused-ring (bicyclic) bond motifs is 1. The van der Waals surface area contributed by atoms with Gasteiger partial charge in [0.15, 0.2) is 0 Å². The first-order valence-electron chi connectivity index (χ1n) is 6.55. The van der Waals surface area contributed by atoms with E-state index in [1.54, 1.807) is 6.20 Å². The largest absolute Gasteiger partial charge is 0.483 e. The third kappa shape index (κ3) is 2.28. The summed E-state index contributed by atoms with van der Waals surface area (Å²) in [5.41, 5.74) is 2.18. The van der Waals surface area contributed by atoms with Crippen LogP contribution in [-0.4, -0.2) is 15.2 Å². The van der Waals surface area contributed by atoms with Crippen LogP contribution in [0.2, 0.25) is 0 Å². The van der Waals surface area contributed by atoms with Crippen molar-refractivity contribution >= 4 is 6.08 Å². The minimum atomic E-state index is -0.218. The summed E-state index contributed by atoms with van der Waals surface area (Å²) in [6.07, 6.45) is 9.88. The summed E-state index contributed by atoms with van der Waals surface area (Å²) in [6, 6.07) is 6.64. The average Bonchev–Trinajstić information content (AvgIpc) is 2.90. The van der Waals surface area contributed by atoms with Gasteiger partial charge in [-0.15, -0.1) is 0 Å². The van der Waals surface area contributed by atoms with E-state index < -0.39 is 0 Å². The number of benzene rings is 1. The maximum Gasteiger partial charge on any atom is 0.127 e. The summed E-state index contributed by atoms with van der Waals surface area (Å²) in [6.45, 7) is 6.30. The fourth-order valence-electron chi connectivity index (χ4n) is 2.33. The lowest BCUT2D eigenvalue weighted by Crippen LogP contribution is -2.27. The maximum absolute atomic E-state index is 5.94. The van der Waals surface area contributed by atoms with Gasteiger partial charge in [0.05, 0.1) is 12.4 Å². The second kappa shape index (κ2) is 4.26. The van der Waals surface area contributed by atoms with Crippen LogP contribution in [0.15, 0.2) is 43.0 Å². The topological polar surface area (TPSA) is 27.1 Å². The molecule has 1 atom stereocenters. The van der Waals surface area contributed by atoms with Crippen LogP contribution in [0, 0.1) is 0 Å². The lowest BCUT2D eigenvalue weighted by molar-refractivity contribution is 0.159. The quantitative estimate of drug-likeness (QED) is 0.817. The molecule has 2 heterocycles. The number of rotatable bonds is 2. The van der Waals surface area contributed by atoms with E-state index >= 15 is 0 Å². The highest BCUT2D eigenvalue weighted by Gasteiger charge is 2.22. The molecule has 0 spiro atoms. The molecule has 1 aliphatic rings. The highest BCUT2D eigenvalue weighted by molar-refractivity contribution is 5.62. The molecule has 0 N–H and O–H groups in total. The summed E-state index contributed by atoms with van der Waals surface area (Å²) < 4.78 is 8.04. The monoisotopic (exact) mass is 254 g/mol. The fraction of sp³-hybridized carbons (Fsp3) is 0.312. The summed E-state index contributed by atoms with van der Waals surface area (Å²) >= 11 is 0. The Bertz CT molecular complexity index is 612. The molecule has 0 saturated carbocycles. The number of ether oxygens (including phenoxy) is 1. The van der Waals surface area contributed by atoms with Crippen LogP contribution in [0.3, 0.4) is 0 Å². The van der Waals surface area contributed by atoms with E-state index in [1.165, 1.54) is 5.56 Å². The number of imidazole rings is 1. The molecule has 0 aliphatic carbocycles. The highest BCUT2D eigenvalue weighted by atomic mass is 16.5. The van der Waals surface area contributed by atoms with Gasteiger partial charge in [0.2, 0.25) is 0 Å². The molecular weight excluding hydrogens is 236 g/mol. The van der Waals surface area contributed by atoms with Crippen LogP contribution in [0.1, 0.15) is 37.9 Å². The molecule has 0 fully saturated rings. The van der Waals surface area contributed by atoms with Gasteiger partial charge in [-0.25, -0.2) is 4.98 Å². The second-order valence-corrected chi connectivity index (χ2v) is 5.52. The molecule has 19 heavy (non-hydrogen) atoms. The molecule has 1 aromatic heterocycles. The molecule has 3 nitrogen and oxygen atoms in total. The first kappa shape index (κ1) is 12.0. The normalized spacial score (nSPS) is 17.6. The molecule has 1 unspecified atom stereocenters. The molecule has 3 rings (SSSR count). The number of nitrogens with zero attached hydrogens (tertiary/aromatic N) is 2. The molecule has 2 aromatic rings. The van der Waals surface area contributed by atoms with Gasteiger partial charge in [0.1, 0.15) is 11.4 Å². The third-order valence-corrected chi connectivity index (χ3v) is 3.53. The zero-order valence-electron chi connectivity index (χ0n) is 11.5. The summed E-state index contributed by atoms with van der Waals surface area (Å²) in [5, 5.41) is 0. The van der Waals surface area contributed by atoms with E-state index in [1.807, 2.05) is 12.5 Å². The van der Waals surface area contributed by atoms with E-state index in [2.05, 4.69) is 60.7 Å². The van der Waals surface area contributed by atoms with E-state index in [9.17, 15) is 0 Å². The van der Waals surface area contributed by atoms with Gasteiger partial charge in [-0.3, -0.25) is 0 Å². The lowest BCUT2D eigenvalue weighted by atomic mass is 9.99. The van der Waals surface area contributed by atoms with E-state index in [4.69, 9.17) is 4.74 Å². The van der Waals surface area contributed by atoms with Crippen molar-refractivity contribution in [1.82, 2.24) is 9.55 Å². The predicted octanol–water partition coefficient (Wildman–Crippen LogP) is 3.68. The summed E-state index contributed by atoms with van der Waals surface area (Å²) in [5.74, 6) is 0.953. The Balaban J connectivity index is 1.95. The third-order valence-electron chi connectivity index (χ3n) is 3.53. The Morgan fingerprint density at radius 1 is 1.32 bits per heavy atom. The Hall–Kier alpha value is -2.03. The van der Waals surface area contributed by atoms with E-state index in [0.717, 1.165) is 11.3 Å². The molecule has 98 valence electrons. The summed E-state index contributed by atoms with van der Waals surface area (Å²) in [4.78, 5) is 4.10. The lowest BCUT2D eigenvalue weighted by Gasteiger charge is -2.28. The molecule has 0 bridgehead atoms. The SMILES string of the molecule is CC(c1ccc2c(c1)C=CC(C)(C)O2)n1ccnc1. The molecular formula is C16H18N2O. The Labute approximate surface area is 113 Å². The Kier molecular flexibility index (Phi) is 2.70. The molecule has 0 saturated heterocycles. The molecule has 1 aromatic carbocycles. The number of hydrogen-bond donors (Lipinski definition) is 0. The second-order valence-electron chi connectivity index (χ2n) is 5.52. The first-order valence-corrected chi connectivity index (χ1v) is 6.55. The van der Waals surface area contributed by atoms with Crippen LogP contribution in [0.4, 0.5) is 0 Å². The van der Waals surface area contributed by atoms with Crippen molar-refractivity contribution in [2.24, 2.45) is 0 Å². The Morgan fingerprint density at radius 3 is 2.89 bits per heavy atom. The number of hydrogen-bond acceptors (Lipinski definition) is 2. The molecule has 1 aliphatic heterocycles. The molecule has 0 amide bonds. The van der Waals surface area contributed by atoms with Gasteiger partial charge in [-0.2, -0.15) is 0 Å². The highest BCUT2D eigenvalue weighted by Crippen LogP contribution is 2.33. The molecule has 3 heteroatoms. The summed E-state index contributed by atoms with van der Waals surface area (Å²) in [7, 11) is 0. The van der Waals surface area contributed by atoms with E-state index in [0.29, 0.717) is 0 Å². The standard InChI is InChI=1S/C16H18N2O/c1-12(18-9-8-17-11-18)13-4-5-15-14(10-13)6-7-16(2,3)19-15/h4-12H,1-3H3. The van der Waals surface area contributed by atoms with Crippen LogP contribution in [0.5, 0.6) is 5.75 Å². The van der Waals surface area contributed by atoms with Gasteiger partial charge in [0.25, 0.3) is 0 Å². The van der Waals surface area contributed by atoms with Crippen LogP contribution < -0.4 is 4.74 Å². The van der Waals surface area contributed by atoms with Gasteiger partial charge >= 0.3 is 0 Å². The van der Waals surface area contributed by atoms with Gasteiger partial charge in [0, 0.05) is 18.0 Å². The fourth-order valence-corrected chi connectivity index (χ4v) is 2.33. The van der Waals surface area contributed by atoms with Crippen molar-refractivity contribution in [2.75, 3.05) is 0 Å². The van der Waals surface area contributed by atoms with Crippen LogP contribution >= 0.6 is 0 Å². The number of aromatic nitrogens is 2. The van der Waals surface area contributed by atoms with Crippen molar-refractivity contribution in [3.63, 3.8) is 0 Å². The van der Waals surface area contributed by atoms with Crippen molar-refractivity contribution in [3.05, 3.63) is 54.1 Å². The minimum absolute atomic E-state index is 0.218. The zero-order chi connectivity index (χ0) is 13.5. The zero-order valence-corrected chi connectivity index (χ0v) is 11.5. The van der Waals surface area contributed by atoms with Crippen molar-refractivity contribution < 1.29 is 4.74 Å². The van der Waals surface area contributed by atoms with E-state index in [-0.39, 0.29) is 11.6 Å². The van der Waals surface area contributed by atoms with Crippen molar-refractivity contribution in [3.8, 4) is 5.75 Å². The van der Waals surface area contributed by atoms with Crippen LogP contribution in [-0.2, 0) is 0 Å².